The minimum Gasteiger partial charge on any atom is -0.508 e. The molecule has 0 saturated carbocycles. The van der Waals surface area contributed by atoms with E-state index in [-0.39, 0.29) is 0 Å². The van der Waals surface area contributed by atoms with Gasteiger partial charge in [0.05, 0.1) is 0 Å². The highest BCUT2D eigenvalue weighted by molar-refractivity contribution is 5.29. The first-order chi connectivity index (χ1) is 7.78. The maximum atomic E-state index is 9.18. The van der Waals surface area contributed by atoms with E-state index in [1.807, 2.05) is 18.3 Å². The van der Waals surface area contributed by atoms with E-state index in [1.54, 1.807) is 12.1 Å². The van der Waals surface area contributed by atoms with Crippen molar-refractivity contribution in [3.8, 4) is 5.75 Å². The fourth-order valence-electron chi connectivity index (χ4n) is 1.59. The van der Waals surface area contributed by atoms with Gasteiger partial charge in [-0.2, -0.15) is 0 Å². The van der Waals surface area contributed by atoms with Gasteiger partial charge in [-0.15, -0.1) is 0 Å². The molecule has 0 saturated heterocycles. The number of nitrogens with zero attached hydrogens (tertiary/aromatic N) is 1. The Hall–Kier alpha value is -1.83. The summed E-state index contributed by atoms with van der Waals surface area (Å²) in [5.74, 6) is 0.304. The number of hydrogen-bond acceptors (Lipinski definition) is 2. The summed E-state index contributed by atoms with van der Waals surface area (Å²) in [5.41, 5.74) is 3.48. The van der Waals surface area contributed by atoms with Gasteiger partial charge >= 0.3 is 0 Å². The Balaban J connectivity index is 2.11. The van der Waals surface area contributed by atoms with E-state index < -0.39 is 0 Å². The van der Waals surface area contributed by atoms with Gasteiger partial charge in [0.25, 0.3) is 0 Å². The lowest BCUT2D eigenvalue weighted by molar-refractivity contribution is 0.475. The minimum absolute atomic E-state index is 0.304. The molecule has 0 amide bonds. The van der Waals surface area contributed by atoms with Crippen molar-refractivity contribution in [2.45, 2.75) is 19.8 Å². The predicted molar refractivity (Wildman–Crippen MR) is 64.5 cm³/mol. The molecule has 0 fully saturated rings. The molecule has 16 heavy (non-hydrogen) atoms. The van der Waals surface area contributed by atoms with Crippen LogP contribution in [0.4, 0.5) is 0 Å². The summed E-state index contributed by atoms with van der Waals surface area (Å²) < 4.78 is 0. The first kappa shape index (κ1) is 10.7. The van der Waals surface area contributed by atoms with Crippen molar-refractivity contribution in [1.82, 2.24) is 4.98 Å². The first-order valence-electron chi connectivity index (χ1n) is 5.49. The Morgan fingerprint density at radius 3 is 2.25 bits per heavy atom. The molecule has 2 aromatic rings. The number of hydrogen-bond donors (Lipinski definition) is 1. The third-order valence-electron chi connectivity index (χ3n) is 2.62. The summed E-state index contributed by atoms with van der Waals surface area (Å²) in [6.07, 6.45) is 3.76. The van der Waals surface area contributed by atoms with Crippen LogP contribution >= 0.6 is 0 Å². The molecular formula is C14H15NO. The highest BCUT2D eigenvalue weighted by Gasteiger charge is 1.98. The Kier molecular flexibility index (Phi) is 3.20. The molecule has 0 unspecified atom stereocenters. The summed E-state index contributed by atoms with van der Waals surface area (Å²) in [4.78, 5) is 4.40. The molecule has 0 aliphatic rings. The maximum absolute atomic E-state index is 9.18. The molecule has 82 valence electrons. The molecule has 2 nitrogen and oxygen atoms in total. The van der Waals surface area contributed by atoms with Gasteiger partial charge in [0, 0.05) is 18.3 Å². The van der Waals surface area contributed by atoms with Crippen LogP contribution in [-0.2, 0) is 12.8 Å². The van der Waals surface area contributed by atoms with Crippen molar-refractivity contribution in [3.05, 3.63) is 59.4 Å². The zero-order valence-corrected chi connectivity index (χ0v) is 9.35. The van der Waals surface area contributed by atoms with Crippen LogP contribution in [0, 0.1) is 0 Å². The fourth-order valence-corrected chi connectivity index (χ4v) is 1.59. The molecule has 2 rings (SSSR count). The summed E-state index contributed by atoms with van der Waals surface area (Å²) in [6.45, 7) is 2.12. The quantitative estimate of drug-likeness (QED) is 0.850. The number of pyridine rings is 1. The second-order valence-corrected chi connectivity index (χ2v) is 3.85. The van der Waals surface area contributed by atoms with Crippen LogP contribution in [0.15, 0.2) is 42.6 Å². The van der Waals surface area contributed by atoms with Gasteiger partial charge in [-0.1, -0.05) is 25.1 Å². The molecule has 0 spiro atoms. The fraction of sp³-hybridized carbons (Fsp3) is 0.214. The molecule has 1 aromatic carbocycles. The van der Waals surface area contributed by atoms with Crippen molar-refractivity contribution in [2.24, 2.45) is 0 Å². The molecule has 1 aromatic heterocycles. The predicted octanol–water partition coefficient (Wildman–Crippen LogP) is 2.94. The highest BCUT2D eigenvalue weighted by Crippen LogP contribution is 2.13. The zero-order chi connectivity index (χ0) is 11.4. The van der Waals surface area contributed by atoms with Crippen molar-refractivity contribution >= 4 is 0 Å². The molecule has 1 N–H and O–H groups in total. The normalized spacial score (nSPS) is 10.3. The lowest BCUT2D eigenvalue weighted by Gasteiger charge is -2.02. The van der Waals surface area contributed by atoms with E-state index in [4.69, 9.17) is 0 Å². The van der Waals surface area contributed by atoms with Gasteiger partial charge in [0.2, 0.25) is 0 Å². The smallest absolute Gasteiger partial charge is 0.115 e. The van der Waals surface area contributed by atoms with E-state index >= 15 is 0 Å². The lowest BCUT2D eigenvalue weighted by atomic mass is 10.1. The summed E-state index contributed by atoms with van der Waals surface area (Å²) >= 11 is 0. The van der Waals surface area contributed by atoms with Crippen LogP contribution in [0.5, 0.6) is 5.75 Å². The second kappa shape index (κ2) is 4.79. The molecule has 1 heterocycles. The average Bonchev–Trinajstić information content (AvgIpc) is 2.33. The Morgan fingerprint density at radius 2 is 1.69 bits per heavy atom. The molecule has 0 aliphatic carbocycles. The van der Waals surface area contributed by atoms with Crippen LogP contribution in [0.3, 0.4) is 0 Å². The highest BCUT2D eigenvalue weighted by atomic mass is 16.3. The Morgan fingerprint density at radius 1 is 1.00 bits per heavy atom. The van der Waals surface area contributed by atoms with E-state index in [0.29, 0.717) is 5.75 Å². The van der Waals surface area contributed by atoms with E-state index in [9.17, 15) is 5.11 Å². The van der Waals surface area contributed by atoms with E-state index in [1.165, 1.54) is 5.56 Å². The van der Waals surface area contributed by atoms with Gasteiger partial charge in [0.1, 0.15) is 5.75 Å². The first-order valence-corrected chi connectivity index (χ1v) is 5.49. The molecule has 2 heteroatoms. The standard InChI is InChI=1S/C14H15NO/c1-2-11-3-6-13(15-10-11)9-12-4-7-14(16)8-5-12/h3-8,10,16H,2,9H2,1H3. The Bertz CT molecular complexity index is 445. The van der Waals surface area contributed by atoms with E-state index in [2.05, 4.69) is 24.0 Å². The van der Waals surface area contributed by atoms with Gasteiger partial charge in [0.15, 0.2) is 0 Å². The number of phenolic OH excluding ortho intramolecular Hbond substituents is 1. The summed E-state index contributed by atoms with van der Waals surface area (Å²) in [6, 6.07) is 11.4. The van der Waals surface area contributed by atoms with Crippen molar-refractivity contribution in [2.75, 3.05) is 0 Å². The Labute approximate surface area is 95.6 Å². The summed E-state index contributed by atoms with van der Waals surface area (Å²) in [7, 11) is 0. The summed E-state index contributed by atoms with van der Waals surface area (Å²) in [5, 5.41) is 9.18. The van der Waals surface area contributed by atoms with Crippen LogP contribution in [0.2, 0.25) is 0 Å². The van der Waals surface area contributed by atoms with Gasteiger partial charge in [-0.25, -0.2) is 0 Å². The number of aromatic hydroxyl groups is 1. The third kappa shape index (κ3) is 2.60. The zero-order valence-electron chi connectivity index (χ0n) is 9.35. The molecule has 0 bridgehead atoms. The third-order valence-corrected chi connectivity index (χ3v) is 2.62. The minimum atomic E-state index is 0.304. The topological polar surface area (TPSA) is 33.1 Å². The second-order valence-electron chi connectivity index (χ2n) is 3.85. The number of aromatic nitrogens is 1. The number of benzene rings is 1. The van der Waals surface area contributed by atoms with Crippen LogP contribution in [0.25, 0.3) is 0 Å². The molecule has 0 aliphatic heterocycles. The maximum Gasteiger partial charge on any atom is 0.115 e. The van der Waals surface area contributed by atoms with Crippen molar-refractivity contribution < 1.29 is 5.11 Å². The molecular weight excluding hydrogens is 198 g/mol. The average molecular weight is 213 g/mol. The van der Waals surface area contributed by atoms with E-state index in [0.717, 1.165) is 24.1 Å². The van der Waals surface area contributed by atoms with Crippen LogP contribution in [0.1, 0.15) is 23.7 Å². The lowest BCUT2D eigenvalue weighted by Crippen LogP contribution is -1.92. The number of rotatable bonds is 3. The SMILES string of the molecule is CCc1ccc(Cc2ccc(O)cc2)nc1. The number of phenols is 1. The van der Waals surface area contributed by atoms with Crippen LogP contribution in [-0.4, -0.2) is 10.1 Å². The van der Waals surface area contributed by atoms with Crippen molar-refractivity contribution in [3.63, 3.8) is 0 Å². The van der Waals surface area contributed by atoms with Gasteiger partial charge < -0.3 is 5.11 Å². The van der Waals surface area contributed by atoms with Crippen molar-refractivity contribution in [1.29, 1.82) is 0 Å². The van der Waals surface area contributed by atoms with Gasteiger partial charge in [-0.05, 0) is 35.7 Å². The monoisotopic (exact) mass is 213 g/mol. The largest absolute Gasteiger partial charge is 0.508 e. The van der Waals surface area contributed by atoms with Crippen LogP contribution < -0.4 is 0 Å². The number of aryl methyl sites for hydroxylation is 1. The van der Waals surface area contributed by atoms with Gasteiger partial charge in [-0.3, -0.25) is 4.98 Å². The molecule has 0 atom stereocenters. The molecule has 0 radical (unpaired) electrons.